The Morgan fingerprint density at radius 1 is 1.11 bits per heavy atom. The third kappa shape index (κ3) is 8.77. The molecule has 0 radical (unpaired) electrons. The van der Waals surface area contributed by atoms with Crippen LogP contribution in [0.25, 0.3) is 0 Å². The molecule has 6 nitrogen and oxygen atoms in total. The fourth-order valence-corrected chi connectivity index (χ4v) is 5.99. The van der Waals surface area contributed by atoms with Crippen molar-refractivity contribution < 1.29 is 28.5 Å². The van der Waals surface area contributed by atoms with Gasteiger partial charge in [-0.3, -0.25) is 0 Å². The van der Waals surface area contributed by atoms with Gasteiger partial charge in [0.05, 0.1) is 37.1 Å². The SMILES string of the molecule is C=C1C[C@H](C)C[C@@H]2CC=C[C@@H](C/C=C\C(=O)O[C@H]([C@H](/C=C/[C@@H]3CC(C)=CCO3)OC)C[C@@H]3O[C@H]3[C@@H](C)C1)O2. The molecule has 9 atom stereocenters. The molecule has 0 unspecified atom stereocenters. The van der Waals surface area contributed by atoms with Crippen LogP contribution in [0.5, 0.6) is 0 Å². The number of rotatable bonds is 4. The molecule has 4 aliphatic rings. The van der Waals surface area contributed by atoms with Crippen LogP contribution in [0.4, 0.5) is 0 Å². The molecule has 0 spiro atoms. The summed E-state index contributed by atoms with van der Waals surface area (Å²) in [6.07, 6.45) is 19.2. The van der Waals surface area contributed by atoms with E-state index >= 15 is 0 Å². The Morgan fingerprint density at radius 3 is 2.74 bits per heavy atom. The molecule has 0 N–H and O–H groups in total. The number of allylic oxidation sites excluding steroid dienone is 1. The lowest BCUT2D eigenvalue weighted by Gasteiger charge is -2.28. The molecular weight excluding hydrogens is 480 g/mol. The molecule has 4 aliphatic heterocycles. The third-order valence-electron chi connectivity index (χ3n) is 7.99. The average molecular weight is 527 g/mol. The number of hydrogen-bond donors (Lipinski definition) is 0. The van der Waals surface area contributed by atoms with Crippen LogP contribution in [0.15, 0.2) is 60.3 Å². The van der Waals surface area contributed by atoms with Gasteiger partial charge in [0.25, 0.3) is 0 Å². The number of methoxy groups -OCH3 is 1. The van der Waals surface area contributed by atoms with E-state index in [0.29, 0.717) is 31.3 Å². The van der Waals surface area contributed by atoms with Crippen LogP contribution >= 0.6 is 0 Å². The highest BCUT2D eigenvalue weighted by Crippen LogP contribution is 2.38. The molecule has 1 saturated heterocycles. The monoisotopic (exact) mass is 526 g/mol. The first-order chi connectivity index (χ1) is 18.3. The molecule has 0 aromatic carbocycles. The minimum absolute atomic E-state index is 0.00168. The number of carbonyl (C=O) groups excluding carboxylic acids is 1. The van der Waals surface area contributed by atoms with E-state index in [0.717, 1.165) is 32.1 Å². The Morgan fingerprint density at radius 2 is 1.95 bits per heavy atom. The van der Waals surface area contributed by atoms with Gasteiger partial charge >= 0.3 is 5.97 Å². The quantitative estimate of drug-likeness (QED) is 0.253. The van der Waals surface area contributed by atoms with Crippen LogP contribution in [0.3, 0.4) is 0 Å². The second kappa shape index (κ2) is 13.9. The first-order valence-corrected chi connectivity index (χ1v) is 14.3. The Kier molecular flexibility index (Phi) is 10.6. The van der Waals surface area contributed by atoms with Gasteiger partial charge in [0.1, 0.15) is 12.2 Å². The maximum Gasteiger partial charge on any atom is 0.330 e. The van der Waals surface area contributed by atoms with Crippen molar-refractivity contribution in [1.29, 1.82) is 0 Å². The topological polar surface area (TPSA) is 66.5 Å². The van der Waals surface area contributed by atoms with Gasteiger partial charge in [0.2, 0.25) is 0 Å². The summed E-state index contributed by atoms with van der Waals surface area (Å²) in [5, 5.41) is 0. The maximum atomic E-state index is 12.9. The van der Waals surface area contributed by atoms with Crippen LogP contribution in [0.1, 0.15) is 65.7 Å². The Labute approximate surface area is 228 Å². The highest BCUT2D eigenvalue weighted by molar-refractivity contribution is 5.82. The van der Waals surface area contributed by atoms with Crippen LogP contribution in [0, 0.1) is 11.8 Å². The number of ether oxygens (including phenoxy) is 5. The summed E-state index contributed by atoms with van der Waals surface area (Å²) in [6, 6.07) is 0. The molecule has 0 amide bonds. The van der Waals surface area contributed by atoms with Crippen molar-refractivity contribution in [3.05, 3.63) is 60.3 Å². The first-order valence-electron chi connectivity index (χ1n) is 14.3. The van der Waals surface area contributed by atoms with Crippen LogP contribution in [-0.2, 0) is 28.5 Å². The van der Waals surface area contributed by atoms with E-state index in [1.165, 1.54) is 17.2 Å². The van der Waals surface area contributed by atoms with E-state index in [1.807, 2.05) is 18.2 Å². The fourth-order valence-electron chi connectivity index (χ4n) is 5.99. The Balaban J connectivity index is 1.47. The molecule has 0 aliphatic carbocycles. The van der Waals surface area contributed by atoms with Crippen molar-refractivity contribution in [2.24, 2.45) is 11.8 Å². The summed E-state index contributed by atoms with van der Waals surface area (Å²) in [5.74, 6) is 0.496. The first kappa shape index (κ1) is 29.0. The van der Waals surface area contributed by atoms with Gasteiger partial charge < -0.3 is 23.7 Å². The molecule has 0 aromatic rings. The molecule has 210 valence electrons. The van der Waals surface area contributed by atoms with Crippen molar-refractivity contribution in [2.75, 3.05) is 13.7 Å². The standard InChI is InChI=1S/C32H46O6/c1-21-14-15-35-26(18-21)12-13-28(34-5)29-20-30-32(38-30)24(4)17-22(2)16-23(3)19-27-10-6-8-25(36-27)9-7-11-31(33)37-29/h6-8,11-14,23-30,32H,2,9-10,15-20H2,1,3-5H3/b11-7-,13-12+/t23-,24-,25-,26+,27-,28-,29-,30-,32-/m0/s1. The van der Waals surface area contributed by atoms with Crippen LogP contribution in [0.2, 0.25) is 0 Å². The Hall–Kier alpha value is -1.99. The second-order valence-electron chi connectivity index (χ2n) is 11.6. The van der Waals surface area contributed by atoms with E-state index in [4.69, 9.17) is 23.7 Å². The van der Waals surface area contributed by atoms with Crippen molar-refractivity contribution >= 4 is 5.97 Å². The summed E-state index contributed by atoms with van der Waals surface area (Å²) in [5.41, 5.74) is 2.58. The minimum Gasteiger partial charge on any atom is -0.456 e. The van der Waals surface area contributed by atoms with Gasteiger partial charge in [-0.15, -0.1) is 0 Å². The maximum absolute atomic E-state index is 12.9. The minimum atomic E-state index is -0.465. The highest BCUT2D eigenvalue weighted by Gasteiger charge is 2.45. The summed E-state index contributed by atoms with van der Waals surface area (Å²) in [4.78, 5) is 12.9. The number of esters is 1. The zero-order chi connectivity index (χ0) is 27.1. The van der Waals surface area contributed by atoms with Gasteiger partial charge in [0.15, 0.2) is 0 Å². The zero-order valence-corrected chi connectivity index (χ0v) is 23.6. The highest BCUT2D eigenvalue weighted by atomic mass is 16.6. The number of epoxide rings is 1. The van der Waals surface area contributed by atoms with Gasteiger partial charge in [-0.05, 0) is 57.3 Å². The van der Waals surface area contributed by atoms with Crippen molar-refractivity contribution in [3.63, 3.8) is 0 Å². The van der Waals surface area contributed by atoms with E-state index in [-0.39, 0.29) is 36.5 Å². The lowest BCUT2D eigenvalue weighted by molar-refractivity contribution is -0.149. The summed E-state index contributed by atoms with van der Waals surface area (Å²) in [6.45, 7) is 11.6. The normalized spacial score (nSPS) is 38.9. The van der Waals surface area contributed by atoms with E-state index in [2.05, 4.69) is 45.6 Å². The van der Waals surface area contributed by atoms with Gasteiger partial charge in [-0.25, -0.2) is 4.79 Å². The average Bonchev–Trinajstić information content (AvgIpc) is 3.63. The predicted molar refractivity (Wildman–Crippen MR) is 149 cm³/mol. The number of cyclic esters (lactones) is 1. The summed E-state index contributed by atoms with van der Waals surface area (Å²) < 4.78 is 30.0. The zero-order valence-electron chi connectivity index (χ0n) is 23.6. The largest absolute Gasteiger partial charge is 0.456 e. The summed E-state index contributed by atoms with van der Waals surface area (Å²) in [7, 11) is 1.65. The predicted octanol–water partition coefficient (Wildman–Crippen LogP) is 6.03. The smallest absolute Gasteiger partial charge is 0.330 e. The number of fused-ring (bicyclic) bond motifs is 3. The van der Waals surface area contributed by atoms with Crippen LogP contribution in [-0.4, -0.2) is 62.4 Å². The van der Waals surface area contributed by atoms with Crippen LogP contribution < -0.4 is 0 Å². The number of carbonyl (C=O) groups is 1. The van der Waals surface area contributed by atoms with Crippen molar-refractivity contribution in [2.45, 2.75) is 108 Å². The molecule has 0 saturated carbocycles. The lowest BCUT2D eigenvalue weighted by atomic mass is 9.88. The molecular formula is C32H46O6. The van der Waals surface area contributed by atoms with Gasteiger partial charge in [0, 0.05) is 19.6 Å². The number of hydrogen-bond acceptors (Lipinski definition) is 6. The Bertz CT molecular complexity index is 932. The second-order valence-corrected chi connectivity index (χ2v) is 11.6. The van der Waals surface area contributed by atoms with E-state index in [9.17, 15) is 4.79 Å². The van der Waals surface area contributed by atoms with E-state index < -0.39 is 12.2 Å². The molecule has 38 heavy (non-hydrogen) atoms. The molecule has 1 fully saturated rings. The molecule has 4 rings (SSSR count). The fraction of sp³-hybridized carbons (Fsp3) is 0.656. The molecule has 0 aromatic heterocycles. The molecule has 2 bridgehead atoms. The summed E-state index contributed by atoms with van der Waals surface area (Å²) >= 11 is 0. The van der Waals surface area contributed by atoms with Crippen molar-refractivity contribution in [3.8, 4) is 0 Å². The van der Waals surface area contributed by atoms with E-state index in [1.54, 1.807) is 7.11 Å². The van der Waals surface area contributed by atoms with Gasteiger partial charge in [-0.1, -0.05) is 68.0 Å². The van der Waals surface area contributed by atoms with Crippen molar-refractivity contribution in [1.82, 2.24) is 0 Å². The van der Waals surface area contributed by atoms with Gasteiger partial charge in [-0.2, -0.15) is 0 Å². The molecule has 4 heterocycles. The third-order valence-corrected chi connectivity index (χ3v) is 7.99. The lowest BCUT2D eigenvalue weighted by Crippen LogP contribution is -2.33. The molecule has 6 heteroatoms.